The summed E-state index contributed by atoms with van der Waals surface area (Å²) in [6.07, 6.45) is 2.86. The first-order chi connectivity index (χ1) is 16.4. The minimum absolute atomic E-state index is 0.147. The van der Waals surface area contributed by atoms with Crippen LogP contribution in [-0.2, 0) is 24.2 Å². The topological polar surface area (TPSA) is 74.2 Å². The summed E-state index contributed by atoms with van der Waals surface area (Å²) in [7, 11) is 1.73. The Kier molecular flexibility index (Phi) is 4.93. The highest BCUT2D eigenvalue weighted by Crippen LogP contribution is 2.37. The molecule has 1 N–H and O–H groups in total. The van der Waals surface area contributed by atoms with E-state index in [-0.39, 0.29) is 11.8 Å². The number of aromatic nitrogens is 3. The number of aromatic amines is 1. The second kappa shape index (κ2) is 7.89. The third-order valence-electron chi connectivity index (χ3n) is 6.80. The van der Waals surface area contributed by atoms with Crippen molar-refractivity contribution in [2.45, 2.75) is 25.4 Å². The monoisotopic (exact) mass is 493 g/mol. The van der Waals surface area contributed by atoms with Gasteiger partial charge < -0.3 is 14.8 Å². The zero-order chi connectivity index (χ0) is 23.6. The van der Waals surface area contributed by atoms with Crippen LogP contribution in [0.3, 0.4) is 0 Å². The fourth-order valence-corrected chi connectivity index (χ4v) is 5.58. The average Bonchev–Trinajstić information content (AvgIpc) is 3.35. The van der Waals surface area contributed by atoms with Crippen LogP contribution in [0.5, 0.6) is 0 Å². The fourth-order valence-electron chi connectivity index (χ4n) is 5.09. The zero-order valence-electron chi connectivity index (χ0n) is 18.4. The maximum absolute atomic E-state index is 13.6. The molecule has 2 aliphatic heterocycles. The molecule has 172 valence electrons. The summed E-state index contributed by atoms with van der Waals surface area (Å²) in [6.45, 7) is 0.875. The maximum Gasteiger partial charge on any atom is 0.275 e. The molecule has 0 radical (unpaired) electrons. The van der Waals surface area contributed by atoms with Crippen LogP contribution in [0.2, 0.25) is 10.2 Å². The summed E-state index contributed by atoms with van der Waals surface area (Å²) in [5.41, 5.74) is 4.71. The molecule has 0 saturated heterocycles. The van der Waals surface area contributed by atoms with E-state index in [4.69, 9.17) is 23.2 Å². The highest BCUT2D eigenvalue weighted by atomic mass is 35.5. The molecule has 2 aliphatic rings. The average molecular weight is 494 g/mol. The molecular weight excluding hydrogens is 473 g/mol. The molecule has 2 aromatic heterocycles. The van der Waals surface area contributed by atoms with E-state index in [1.165, 1.54) is 0 Å². The van der Waals surface area contributed by atoms with E-state index in [0.717, 1.165) is 33.3 Å². The molecule has 0 fully saturated rings. The lowest BCUT2D eigenvalue weighted by atomic mass is 10.0. The van der Waals surface area contributed by atoms with Gasteiger partial charge in [0.25, 0.3) is 5.91 Å². The lowest BCUT2D eigenvalue weighted by Gasteiger charge is -2.34. The van der Waals surface area contributed by atoms with Crippen molar-refractivity contribution in [3.63, 3.8) is 0 Å². The number of carbonyl (C=O) groups excluding carboxylic acids is 2. The summed E-state index contributed by atoms with van der Waals surface area (Å²) < 4.78 is 1.66. The van der Waals surface area contributed by atoms with Crippen molar-refractivity contribution in [2.24, 2.45) is 0 Å². The third kappa shape index (κ3) is 3.22. The number of fused-ring (bicyclic) bond motifs is 1. The largest absolute Gasteiger partial charge is 0.361 e. The van der Waals surface area contributed by atoms with Crippen molar-refractivity contribution in [3.05, 3.63) is 81.2 Å². The predicted molar refractivity (Wildman–Crippen MR) is 132 cm³/mol. The van der Waals surface area contributed by atoms with Gasteiger partial charge in [-0.3, -0.25) is 9.59 Å². The Morgan fingerprint density at radius 2 is 1.94 bits per heavy atom. The quantitative estimate of drug-likeness (QED) is 0.462. The van der Waals surface area contributed by atoms with Crippen LogP contribution in [0.25, 0.3) is 10.9 Å². The van der Waals surface area contributed by atoms with E-state index in [0.29, 0.717) is 41.8 Å². The van der Waals surface area contributed by atoms with E-state index >= 15 is 0 Å². The summed E-state index contributed by atoms with van der Waals surface area (Å²) in [4.78, 5) is 33.7. The molecule has 9 heteroatoms. The molecule has 4 aromatic rings. The van der Waals surface area contributed by atoms with Crippen molar-refractivity contribution >= 4 is 51.6 Å². The van der Waals surface area contributed by atoms with Gasteiger partial charge in [0.1, 0.15) is 11.2 Å². The van der Waals surface area contributed by atoms with Gasteiger partial charge >= 0.3 is 0 Å². The number of nitrogens with one attached hydrogen (secondary N) is 1. The van der Waals surface area contributed by atoms with Crippen LogP contribution in [-0.4, -0.2) is 51.1 Å². The number of amides is 2. The van der Waals surface area contributed by atoms with Gasteiger partial charge in [-0.25, -0.2) is 4.68 Å². The molecular formula is C25H21Cl2N5O2. The number of halogens is 2. The predicted octanol–water partition coefficient (Wildman–Crippen LogP) is 4.31. The number of nitrogens with zero attached hydrogens (tertiary/aromatic N) is 4. The lowest BCUT2D eigenvalue weighted by Crippen LogP contribution is -2.53. The maximum atomic E-state index is 13.6. The van der Waals surface area contributed by atoms with E-state index in [2.05, 4.69) is 10.1 Å². The number of hydrogen-bond acceptors (Lipinski definition) is 3. The number of rotatable bonds is 3. The molecule has 1 atom stereocenters. The third-order valence-corrected chi connectivity index (χ3v) is 7.44. The smallest absolute Gasteiger partial charge is 0.275 e. The minimum Gasteiger partial charge on any atom is -0.361 e. The van der Waals surface area contributed by atoms with Gasteiger partial charge in [0.15, 0.2) is 5.69 Å². The molecule has 2 aromatic carbocycles. The molecule has 4 heterocycles. The standard InChI is InChI=1S/C25H21Cl2N5O2/c1-30-19-11-16(26)10-18-21(19)15(12-28-18)9-20(24(30)33)31-8-7-17-22(25(31)34)29-32(23(17)27)13-14-5-3-2-4-6-14/h2-6,10-12,20,28H,7-9,13H2,1H3/t20-/m0/s1. The number of H-pyrrole nitrogens is 1. The van der Waals surface area contributed by atoms with Crippen molar-refractivity contribution in [2.75, 3.05) is 18.5 Å². The molecule has 0 bridgehead atoms. The molecule has 2 amide bonds. The van der Waals surface area contributed by atoms with E-state index in [9.17, 15) is 9.59 Å². The first-order valence-corrected chi connectivity index (χ1v) is 11.8. The second-order valence-electron chi connectivity index (χ2n) is 8.79. The normalized spacial score (nSPS) is 17.9. The van der Waals surface area contributed by atoms with E-state index in [1.54, 1.807) is 27.6 Å². The molecule has 0 saturated carbocycles. The van der Waals surface area contributed by atoms with Gasteiger partial charge in [-0.2, -0.15) is 5.10 Å². The molecule has 0 aliphatic carbocycles. The van der Waals surface area contributed by atoms with E-state index in [1.807, 2.05) is 42.6 Å². The van der Waals surface area contributed by atoms with E-state index < -0.39 is 6.04 Å². The summed E-state index contributed by atoms with van der Waals surface area (Å²) in [6, 6.07) is 12.8. The summed E-state index contributed by atoms with van der Waals surface area (Å²) in [5.74, 6) is -0.413. The number of anilines is 1. The SMILES string of the molecule is CN1C(=O)[C@@H](N2CCc3c(nn(Cc4ccccc4)c3Cl)C2=O)Cc2c[nH]c3cc(Cl)cc1c23. The Labute approximate surface area is 205 Å². The Hall–Kier alpha value is -3.29. The molecule has 7 nitrogen and oxygen atoms in total. The number of hydrogen-bond donors (Lipinski definition) is 1. The van der Waals surface area contributed by atoms with Crippen LogP contribution in [0.1, 0.15) is 27.2 Å². The van der Waals surface area contributed by atoms with Gasteiger partial charge in [0.2, 0.25) is 5.91 Å². The van der Waals surface area contributed by atoms with Crippen LogP contribution in [0.15, 0.2) is 48.7 Å². The van der Waals surface area contributed by atoms with Crippen molar-refractivity contribution < 1.29 is 9.59 Å². The van der Waals surface area contributed by atoms with Crippen LogP contribution in [0, 0.1) is 0 Å². The van der Waals surface area contributed by atoms with Gasteiger partial charge in [-0.05, 0) is 29.7 Å². The van der Waals surface area contributed by atoms with Gasteiger partial charge in [-0.15, -0.1) is 0 Å². The Morgan fingerprint density at radius 1 is 1.15 bits per heavy atom. The fraction of sp³-hybridized carbons (Fsp3) is 0.240. The van der Waals surface area contributed by atoms with Gasteiger partial charge in [0.05, 0.1) is 12.2 Å². The van der Waals surface area contributed by atoms with Gasteiger partial charge in [-0.1, -0.05) is 53.5 Å². The number of benzene rings is 2. The number of likely N-dealkylation sites (N-methyl/N-ethyl adjacent to an activating group) is 1. The van der Waals surface area contributed by atoms with Crippen LogP contribution >= 0.6 is 23.2 Å². The van der Waals surface area contributed by atoms with Crippen molar-refractivity contribution in [1.29, 1.82) is 0 Å². The lowest BCUT2D eigenvalue weighted by molar-refractivity contribution is -0.122. The Bertz CT molecular complexity index is 1460. The highest BCUT2D eigenvalue weighted by molar-refractivity contribution is 6.32. The van der Waals surface area contributed by atoms with Crippen LogP contribution < -0.4 is 4.90 Å². The summed E-state index contributed by atoms with van der Waals surface area (Å²) >= 11 is 12.9. The van der Waals surface area contributed by atoms with Crippen molar-refractivity contribution in [1.82, 2.24) is 19.7 Å². The Balaban J connectivity index is 1.35. The Morgan fingerprint density at radius 3 is 2.74 bits per heavy atom. The molecule has 34 heavy (non-hydrogen) atoms. The van der Waals surface area contributed by atoms with Crippen molar-refractivity contribution in [3.8, 4) is 0 Å². The van der Waals surface area contributed by atoms with Gasteiger partial charge in [0, 0.05) is 47.7 Å². The molecule has 0 spiro atoms. The molecule has 6 rings (SSSR count). The second-order valence-corrected chi connectivity index (χ2v) is 9.58. The minimum atomic E-state index is -0.645. The molecule has 0 unspecified atom stereocenters. The highest BCUT2D eigenvalue weighted by Gasteiger charge is 2.40. The first-order valence-electron chi connectivity index (χ1n) is 11.1. The van der Waals surface area contributed by atoms with Crippen LogP contribution in [0.4, 0.5) is 5.69 Å². The summed E-state index contributed by atoms with van der Waals surface area (Å²) in [5, 5.41) is 6.55. The zero-order valence-corrected chi connectivity index (χ0v) is 19.9. The first kappa shape index (κ1) is 21.3. The number of carbonyl (C=O) groups is 2.